The summed E-state index contributed by atoms with van der Waals surface area (Å²) in [7, 11) is 0. The number of carbonyl (C=O) groups excluding carboxylic acids is 3. The third-order valence-electron chi connectivity index (χ3n) is 7.00. The molecule has 5 rings (SSSR count). The van der Waals surface area contributed by atoms with Gasteiger partial charge in [0.25, 0.3) is 5.91 Å². The highest BCUT2D eigenvalue weighted by Crippen LogP contribution is 2.35. The fourth-order valence-corrected chi connectivity index (χ4v) is 6.47. The van der Waals surface area contributed by atoms with Crippen LogP contribution in [0.5, 0.6) is 0 Å². The summed E-state index contributed by atoms with van der Waals surface area (Å²) in [6.45, 7) is 0.0875. The Hall–Kier alpha value is -2.50. The molecule has 4 heterocycles. The van der Waals surface area contributed by atoms with Gasteiger partial charge in [0.15, 0.2) is 5.78 Å². The van der Waals surface area contributed by atoms with Crippen LogP contribution in [0.15, 0.2) is 30.5 Å². The fourth-order valence-electron chi connectivity index (χ4n) is 5.21. The monoisotopic (exact) mass is 541 g/mol. The number of nitrogens with zero attached hydrogens (tertiary/aromatic N) is 2. The van der Waals surface area contributed by atoms with Crippen molar-refractivity contribution >= 4 is 40.5 Å². The number of pyridine rings is 1. The van der Waals surface area contributed by atoms with Crippen LogP contribution in [0.2, 0.25) is 0 Å². The second-order valence-corrected chi connectivity index (χ2v) is 10.9. The van der Waals surface area contributed by atoms with Crippen molar-refractivity contribution in [3.63, 3.8) is 0 Å². The van der Waals surface area contributed by atoms with E-state index in [2.05, 4.69) is 10.3 Å². The summed E-state index contributed by atoms with van der Waals surface area (Å²) in [5, 5.41) is 2.38. The number of carbonyl (C=O) groups is 3. The number of thiophene rings is 1. The van der Waals surface area contributed by atoms with Crippen LogP contribution in [0.3, 0.4) is 0 Å². The maximum atomic E-state index is 13.6. The van der Waals surface area contributed by atoms with Crippen molar-refractivity contribution in [2.45, 2.75) is 55.4 Å². The first-order valence-corrected chi connectivity index (χ1v) is 12.9. The summed E-state index contributed by atoms with van der Waals surface area (Å²) in [5.74, 6) is -1.05. The normalized spacial score (nSPS) is 25.3. The molecule has 2 aromatic rings. The minimum absolute atomic E-state index is 0.0646. The maximum absolute atomic E-state index is 13.6. The zero-order chi connectivity index (χ0) is 25.6. The molecule has 0 aromatic carbocycles. The summed E-state index contributed by atoms with van der Waals surface area (Å²) in [6.07, 6.45) is -0.509. The molecular formula is C24H23ClF3N3O4S. The molecule has 2 aliphatic heterocycles. The molecule has 0 unspecified atom stereocenters. The van der Waals surface area contributed by atoms with Crippen LogP contribution in [-0.4, -0.2) is 64.2 Å². The van der Waals surface area contributed by atoms with Crippen LogP contribution in [-0.2, 0) is 20.5 Å². The number of halogens is 4. The largest absolute Gasteiger partial charge is 0.433 e. The van der Waals surface area contributed by atoms with E-state index in [0.717, 1.165) is 49.3 Å². The number of ketones is 1. The number of alkyl halides is 4. The number of ether oxygens (including phenoxy) is 1. The van der Waals surface area contributed by atoms with Gasteiger partial charge >= 0.3 is 6.18 Å². The smallest absolute Gasteiger partial charge is 0.366 e. The van der Waals surface area contributed by atoms with E-state index in [-0.39, 0.29) is 30.8 Å². The molecule has 3 fully saturated rings. The van der Waals surface area contributed by atoms with Gasteiger partial charge in [-0.05, 0) is 43.0 Å². The summed E-state index contributed by atoms with van der Waals surface area (Å²) in [4.78, 5) is 45.0. The van der Waals surface area contributed by atoms with Crippen LogP contribution in [0.25, 0.3) is 10.4 Å². The first kappa shape index (κ1) is 25.2. The Bertz CT molecular complexity index is 1170. The number of nitrogens with one attached hydrogen (secondary N) is 1. The van der Waals surface area contributed by atoms with Crippen molar-refractivity contribution in [2.24, 2.45) is 5.92 Å². The Labute approximate surface area is 214 Å². The first-order valence-electron chi connectivity index (χ1n) is 11.7. The lowest BCUT2D eigenvalue weighted by Gasteiger charge is -2.30. The highest BCUT2D eigenvalue weighted by Gasteiger charge is 2.53. The Morgan fingerprint density at radius 1 is 1.19 bits per heavy atom. The molecule has 7 nitrogen and oxygen atoms in total. The standard InChI is InChI=1S/C24H23ClF3N3O4S/c25-14-10-31(20-15(32)11-35-21(14)20)23(34)19(12-3-1-2-4-12)30-22(33)17-7-6-16(36-17)13-5-8-18(29-9-13)24(26,27)28/h5-9,12,14,19-21H,1-4,10-11H2,(H,30,33)/t14-,19-,20+,21+/m0/s1. The summed E-state index contributed by atoms with van der Waals surface area (Å²) < 4.78 is 43.9. The molecule has 0 bridgehead atoms. The molecule has 2 amide bonds. The number of rotatable bonds is 5. The van der Waals surface area contributed by atoms with Crippen LogP contribution in [0.4, 0.5) is 13.2 Å². The molecule has 0 spiro atoms. The van der Waals surface area contributed by atoms with Crippen molar-refractivity contribution in [1.29, 1.82) is 0 Å². The molecule has 4 atom stereocenters. The van der Waals surface area contributed by atoms with E-state index in [1.807, 2.05) is 0 Å². The Morgan fingerprint density at radius 3 is 2.61 bits per heavy atom. The van der Waals surface area contributed by atoms with Crippen LogP contribution in [0, 0.1) is 5.92 Å². The van der Waals surface area contributed by atoms with E-state index in [9.17, 15) is 27.6 Å². The Kier molecular flexibility index (Phi) is 6.82. The van der Waals surface area contributed by atoms with Gasteiger partial charge in [-0.25, -0.2) is 0 Å². The number of amides is 2. The van der Waals surface area contributed by atoms with Crippen LogP contribution < -0.4 is 5.32 Å². The predicted molar refractivity (Wildman–Crippen MR) is 126 cm³/mol. The molecule has 1 saturated carbocycles. The van der Waals surface area contributed by atoms with E-state index in [1.165, 1.54) is 11.0 Å². The Morgan fingerprint density at radius 2 is 1.94 bits per heavy atom. The van der Waals surface area contributed by atoms with Crippen molar-refractivity contribution in [1.82, 2.24) is 15.2 Å². The van der Waals surface area contributed by atoms with Crippen LogP contribution >= 0.6 is 22.9 Å². The van der Waals surface area contributed by atoms with Gasteiger partial charge in [0.2, 0.25) is 5.91 Å². The Balaban J connectivity index is 1.33. The summed E-state index contributed by atoms with van der Waals surface area (Å²) in [5.41, 5.74) is -0.542. The molecule has 2 aromatic heterocycles. The van der Waals surface area contributed by atoms with Gasteiger partial charge in [0.05, 0.1) is 10.3 Å². The van der Waals surface area contributed by atoms with E-state index >= 15 is 0 Å². The number of likely N-dealkylation sites (tertiary alicyclic amines) is 1. The topological polar surface area (TPSA) is 88.6 Å². The van der Waals surface area contributed by atoms with Crippen molar-refractivity contribution in [2.75, 3.05) is 13.2 Å². The van der Waals surface area contributed by atoms with Gasteiger partial charge in [-0.15, -0.1) is 22.9 Å². The lowest BCUT2D eigenvalue weighted by molar-refractivity contribution is -0.141. The van der Waals surface area contributed by atoms with Gasteiger partial charge in [0, 0.05) is 23.2 Å². The SMILES string of the molecule is O=C(N[C@H](C(=O)N1C[C@H](Cl)[C@H]2OCC(=O)[C@H]21)C1CCCC1)c1ccc(-c2ccc(C(F)(F)F)nc2)s1. The molecule has 192 valence electrons. The predicted octanol–water partition coefficient (Wildman–Crippen LogP) is 3.90. The second-order valence-electron chi connectivity index (χ2n) is 9.28. The first-order chi connectivity index (χ1) is 17.1. The number of aromatic nitrogens is 1. The van der Waals surface area contributed by atoms with E-state index < -0.39 is 41.3 Å². The molecular weight excluding hydrogens is 519 g/mol. The van der Waals surface area contributed by atoms with Crippen molar-refractivity contribution in [3.8, 4) is 10.4 Å². The van der Waals surface area contributed by atoms with E-state index in [1.54, 1.807) is 12.1 Å². The minimum Gasteiger partial charge on any atom is -0.366 e. The highest BCUT2D eigenvalue weighted by atomic mass is 35.5. The van der Waals surface area contributed by atoms with Gasteiger partial charge in [0.1, 0.15) is 30.5 Å². The quantitative estimate of drug-likeness (QED) is 0.580. The summed E-state index contributed by atoms with van der Waals surface area (Å²) >= 11 is 7.45. The number of hydrogen-bond donors (Lipinski definition) is 1. The zero-order valence-electron chi connectivity index (χ0n) is 19.0. The molecule has 0 radical (unpaired) electrons. The van der Waals surface area contributed by atoms with E-state index in [4.69, 9.17) is 16.3 Å². The number of Topliss-reactive ketones (excluding diaryl/α,β-unsaturated/α-hetero) is 1. The minimum atomic E-state index is -4.53. The van der Waals surface area contributed by atoms with E-state index in [0.29, 0.717) is 15.3 Å². The van der Waals surface area contributed by atoms with Crippen LogP contribution in [0.1, 0.15) is 41.0 Å². The van der Waals surface area contributed by atoms with Crippen molar-refractivity contribution in [3.05, 3.63) is 41.0 Å². The molecule has 3 aliphatic rings. The zero-order valence-corrected chi connectivity index (χ0v) is 20.5. The molecule has 36 heavy (non-hydrogen) atoms. The highest BCUT2D eigenvalue weighted by molar-refractivity contribution is 7.17. The third kappa shape index (κ3) is 4.76. The van der Waals surface area contributed by atoms with Gasteiger partial charge in [-0.1, -0.05) is 12.8 Å². The second kappa shape index (κ2) is 9.75. The van der Waals surface area contributed by atoms with Gasteiger partial charge in [-0.2, -0.15) is 13.2 Å². The lowest BCUT2D eigenvalue weighted by Crippen LogP contribution is -2.54. The maximum Gasteiger partial charge on any atom is 0.433 e. The molecule has 1 N–H and O–H groups in total. The fraction of sp³-hybridized carbons (Fsp3) is 0.500. The average molecular weight is 542 g/mol. The summed E-state index contributed by atoms with van der Waals surface area (Å²) in [6, 6.07) is 3.86. The molecule has 12 heteroatoms. The average Bonchev–Trinajstić information content (AvgIpc) is 3.64. The van der Waals surface area contributed by atoms with Gasteiger partial charge < -0.3 is 15.0 Å². The van der Waals surface area contributed by atoms with Crippen molar-refractivity contribution < 1.29 is 32.3 Å². The number of hydrogen-bond acceptors (Lipinski definition) is 6. The lowest BCUT2D eigenvalue weighted by atomic mass is 9.96. The molecule has 1 aliphatic carbocycles. The molecule has 2 saturated heterocycles. The van der Waals surface area contributed by atoms with Gasteiger partial charge in [-0.3, -0.25) is 19.4 Å². The third-order valence-corrected chi connectivity index (χ3v) is 8.52. The number of fused-ring (bicyclic) bond motifs is 1.